The third-order valence-corrected chi connectivity index (χ3v) is 6.94. The third-order valence-electron chi connectivity index (χ3n) is 4.46. The first-order chi connectivity index (χ1) is 12.4. The normalized spacial score (nSPS) is 16.6. The summed E-state index contributed by atoms with van der Waals surface area (Å²) in [5.74, 6) is 0.951. The molecular weight excluding hydrogens is 395 g/mol. The molecule has 3 rings (SSSR count). The highest BCUT2D eigenvalue weighted by Crippen LogP contribution is 2.32. The van der Waals surface area contributed by atoms with Crippen molar-refractivity contribution < 1.29 is 13.2 Å². The number of hydrogen-bond donors (Lipinski definition) is 0. The largest absolute Gasteiger partial charge is 0.484 e. The zero-order valence-corrected chi connectivity index (χ0v) is 16.7. The molecule has 8 heteroatoms. The number of ether oxygens (including phenoxy) is 1. The van der Waals surface area contributed by atoms with Crippen LogP contribution in [0, 0.1) is 5.92 Å². The molecule has 0 atom stereocenters. The molecule has 1 aromatic heterocycles. The molecule has 1 fully saturated rings. The molecule has 1 aliphatic heterocycles. The standard InChI is InChI=1S/C18H20Cl2N2O3S/c1-13-7-9-22(10-8-13)26(23,24)15-6-5-14(21-11-15)12-25-18-16(19)3-2-4-17(18)20/h2-6,11,13H,7-10,12H2,1H3. The molecule has 0 N–H and O–H groups in total. The van der Waals surface area contributed by atoms with Crippen molar-refractivity contribution in [1.82, 2.24) is 9.29 Å². The maximum atomic E-state index is 12.7. The van der Waals surface area contributed by atoms with Gasteiger partial charge >= 0.3 is 0 Å². The Balaban J connectivity index is 1.68. The number of para-hydroxylation sites is 1. The maximum absolute atomic E-state index is 12.7. The summed E-state index contributed by atoms with van der Waals surface area (Å²) in [6, 6.07) is 8.31. The lowest BCUT2D eigenvalue weighted by Gasteiger charge is -2.29. The molecule has 26 heavy (non-hydrogen) atoms. The van der Waals surface area contributed by atoms with Crippen molar-refractivity contribution in [1.29, 1.82) is 0 Å². The second-order valence-corrected chi connectivity index (χ2v) is 9.16. The SMILES string of the molecule is CC1CCN(S(=O)(=O)c2ccc(COc3c(Cl)cccc3Cl)nc2)CC1. The Morgan fingerprint density at radius 2 is 1.81 bits per heavy atom. The minimum Gasteiger partial charge on any atom is -0.484 e. The lowest BCUT2D eigenvalue weighted by Crippen LogP contribution is -2.37. The van der Waals surface area contributed by atoms with Gasteiger partial charge in [0.15, 0.2) is 5.75 Å². The predicted molar refractivity (Wildman–Crippen MR) is 102 cm³/mol. The first-order valence-corrected chi connectivity index (χ1v) is 10.6. The summed E-state index contributed by atoms with van der Waals surface area (Å²) in [7, 11) is -3.49. The van der Waals surface area contributed by atoms with E-state index < -0.39 is 10.0 Å². The number of sulfonamides is 1. The molecule has 0 aliphatic carbocycles. The summed E-state index contributed by atoms with van der Waals surface area (Å²) >= 11 is 12.1. The number of piperidine rings is 1. The molecule has 0 radical (unpaired) electrons. The van der Waals surface area contributed by atoms with Crippen molar-refractivity contribution in [3.8, 4) is 5.75 Å². The summed E-state index contributed by atoms with van der Waals surface area (Å²) < 4.78 is 32.5. The number of nitrogens with zero attached hydrogens (tertiary/aromatic N) is 2. The molecule has 1 aliphatic rings. The predicted octanol–water partition coefficient (Wildman–Crippen LogP) is 4.39. The number of halogens is 2. The fraction of sp³-hybridized carbons (Fsp3) is 0.389. The van der Waals surface area contributed by atoms with Gasteiger partial charge in [-0.15, -0.1) is 0 Å². The van der Waals surface area contributed by atoms with Gasteiger partial charge in [-0.1, -0.05) is 36.2 Å². The van der Waals surface area contributed by atoms with Crippen LogP contribution < -0.4 is 4.74 Å². The van der Waals surface area contributed by atoms with Gasteiger partial charge in [-0.25, -0.2) is 8.42 Å². The summed E-state index contributed by atoms with van der Waals surface area (Å²) in [5, 5.41) is 0.826. The molecule has 2 heterocycles. The molecule has 5 nitrogen and oxygen atoms in total. The van der Waals surface area contributed by atoms with Crippen LogP contribution in [-0.2, 0) is 16.6 Å². The lowest BCUT2D eigenvalue weighted by atomic mass is 10.0. The van der Waals surface area contributed by atoms with E-state index in [1.54, 1.807) is 30.3 Å². The number of benzene rings is 1. The molecule has 0 amide bonds. The van der Waals surface area contributed by atoms with Crippen molar-refractivity contribution in [2.75, 3.05) is 13.1 Å². The van der Waals surface area contributed by atoms with Crippen LogP contribution in [0.25, 0.3) is 0 Å². The second-order valence-electron chi connectivity index (χ2n) is 6.41. The molecule has 0 bridgehead atoms. The molecule has 2 aromatic rings. The molecule has 0 spiro atoms. The van der Waals surface area contributed by atoms with Crippen LogP contribution in [0.5, 0.6) is 5.75 Å². The molecule has 140 valence electrons. The monoisotopic (exact) mass is 414 g/mol. The first-order valence-electron chi connectivity index (χ1n) is 8.40. The first kappa shape index (κ1) is 19.4. The van der Waals surface area contributed by atoms with Crippen LogP contribution in [-0.4, -0.2) is 30.8 Å². The number of pyridine rings is 1. The van der Waals surface area contributed by atoms with Gasteiger partial charge in [0.1, 0.15) is 11.5 Å². The van der Waals surface area contributed by atoms with E-state index >= 15 is 0 Å². The smallest absolute Gasteiger partial charge is 0.244 e. The Morgan fingerprint density at radius 1 is 1.15 bits per heavy atom. The van der Waals surface area contributed by atoms with E-state index in [4.69, 9.17) is 27.9 Å². The van der Waals surface area contributed by atoms with Crippen LogP contribution in [0.3, 0.4) is 0 Å². The fourth-order valence-corrected chi connectivity index (χ4v) is 4.71. The van der Waals surface area contributed by atoms with Gasteiger partial charge in [0, 0.05) is 19.3 Å². The zero-order valence-electron chi connectivity index (χ0n) is 14.4. The minimum absolute atomic E-state index is 0.144. The van der Waals surface area contributed by atoms with Gasteiger partial charge < -0.3 is 4.74 Å². The maximum Gasteiger partial charge on any atom is 0.244 e. The van der Waals surface area contributed by atoms with Crippen molar-refractivity contribution in [3.05, 3.63) is 52.3 Å². The third kappa shape index (κ3) is 4.31. The molecule has 0 saturated carbocycles. The Morgan fingerprint density at radius 3 is 2.38 bits per heavy atom. The van der Waals surface area contributed by atoms with Gasteiger partial charge in [0.05, 0.1) is 15.7 Å². The minimum atomic E-state index is -3.49. The highest BCUT2D eigenvalue weighted by molar-refractivity contribution is 7.89. The highest BCUT2D eigenvalue weighted by Gasteiger charge is 2.28. The zero-order chi connectivity index (χ0) is 18.7. The summed E-state index contributed by atoms with van der Waals surface area (Å²) in [6.07, 6.45) is 3.15. The summed E-state index contributed by atoms with van der Waals surface area (Å²) in [5.41, 5.74) is 0.590. The molecular formula is C18H20Cl2N2O3S. The van der Waals surface area contributed by atoms with Gasteiger partial charge in [-0.05, 0) is 43.0 Å². The molecule has 1 saturated heterocycles. The topological polar surface area (TPSA) is 59.5 Å². The van der Waals surface area contributed by atoms with Gasteiger partial charge in [-0.2, -0.15) is 4.31 Å². The van der Waals surface area contributed by atoms with E-state index in [0.717, 1.165) is 12.8 Å². The quantitative estimate of drug-likeness (QED) is 0.727. The van der Waals surface area contributed by atoms with Gasteiger partial charge in [0.2, 0.25) is 10.0 Å². The van der Waals surface area contributed by atoms with Crippen LogP contribution in [0.2, 0.25) is 10.0 Å². The number of hydrogen-bond acceptors (Lipinski definition) is 4. The van der Waals surface area contributed by atoms with Gasteiger partial charge in [-0.3, -0.25) is 4.98 Å². The van der Waals surface area contributed by atoms with E-state index in [2.05, 4.69) is 11.9 Å². The van der Waals surface area contributed by atoms with E-state index in [1.807, 2.05) is 0 Å². The van der Waals surface area contributed by atoms with Crippen LogP contribution in [0.1, 0.15) is 25.5 Å². The average Bonchev–Trinajstić information content (AvgIpc) is 2.62. The van der Waals surface area contributed by atoms with Crippen molar-refractivity contribution >= 4 is 33.2 Å². The van der Waals surface area contributed by atoms with Crippen molar-refractivity contribution in [2.24, 2.45) is 5.92 Å². The highest BCUT2D eigenvalue weighted by atomic mass is 35.5. The Hall–Kier alpha value is -1.34. The van der Waals surface area contributed by atoms with E-state index in [1.165, 1.54) is 10.5 Å². The Labute approximate surface area is 163 Å². The van der Waals surface area contributed by atoms with Crippen molar-refractivity contribution in [2.45, 2.75) is 31.3 Å². The molecule has 0 unspecified atom stereocenters. The van der Waals surface area contributed by atoms with Crippen LogP contribution in [0.15, 0.2) is 41.4 Å². The Kier molecular flexibility index (Phi) is 6.07. The van der Waals surface area contributed by atoms with Crippen LogP contribution >= 0.6 is 23.2 Å². The average molecular weight is 415 g/mol. The van der Waals surface area contributed by atoms with Crippen molar-refractivity contribution in [3.63, 3.8) is 0 Å². The lowest BCUT2D eigenvalue weighted by molar-refractivity contribution is 0.287. The van der Waals surface area contributed by atoms with Gasteiger partial charge in [0.25, 0.3) is 0 Å². The van der Waals surface area contributed by atoms with Crippen LogP contribution in [0.4, 0.5) is 0 Å². The van der Waals surface area contributed by atoms with E-state index in [0.29, 0.717) is 40.5 Å². The fourth-order valence-electron chi connectivity index (χ4n) is 2.79. The second kappa shape index (κ2) is 8.13. The summed E-state index contributed by atoms with van der Waals surface area (Å²) in [4.78, 5) is 4.41. The summed E-state index contributed by atoms with van der Waals surface area (Å²) in [6.45, 7) is 3.40. The van der Waals surface area contributed by atoms with E-state index in [-0.39, 0.29) is 11.5 Å². The molecule has 1 aromatic carbocycles. The number of rotatable bonds is 5. The Bertz CT molecular complexity index is 844. The number of aromatic nitrogens is 1. The van der Waals surface area contributed by atoms with E-state index in [9.17, 15) is 8.42 Å².